The molecule has 0 spiro atoms. The lowest BCUT2D eigenvalue weighted by atomic mass is 10.0. The third-order valence-corrected chi connectivity index (χ3v) is 6.19. The van der Waals surface area contributed by atoms with Crippen LogP contribution in [0.2, 0.25) is 0 Å². The molecule has 1 aliphatic rings. The summed E-state index contributed by atoms with van der Waals surface area (Å²) in [6.45, 7) is 5.04. The summed E-state index contributed by atoms with van der Waals surface area (Å²) in [5, 5.41) is 15.4. The monoisotopic (exact) mass is 500 g/mol. The summed E-state index contributed by atoms with van der Waals surface area (Å²) in [5.41, 5.74) is 3.02. The Kier molecular flexibility index (Phi) is 9.35. The third-order valence-electron chi connectivity index (χ3n) is 6.19. The molecular weight excluding hydrogens is 468 g/mol. The standard InChI is InChI=1S/C29H32N4O4/c1-35-27-19-24(9-12-26(27)37-18-15-33-13-16-36-17-14-33)28(32-25-10-7-22(20-30)8-11-25)29(34)31-21-23-5-3-2-4-6-23/h2-12,19,28,32H,13-18,21H2,1H3,(H,31,34)/t28-/m0/s1. The van der Waals surface area contributed by atoms with Crippen molar-refractivity contribution in [2.24, 2.45) is 0 Å². The number of nitrogens with one attached hydrogen (secondary N) is 2. The molecule has 37 heavy (non-hydrogen) atoms. The SMILES string of the molecule is COc1cc([C@H](Nc2ccc(C#N)cc2)C(=O)NCc2ccccc2)ccc1OCCN1CCOCC1. The molecule has 192 valence electrons. The van der Waals surface area contributed by atoms with E-state index in [0.29, 0.717) is 30.2 Å². The predicted octanol–water partition coefficient (Wildman–Crippen LogP) is 3.75. The zero-order valence-electron chi connectivity index (χ0n) is 21.0. The fraction of sp³-hybridized carbons (Fsp3) is 0.310. The van der Waals surface area contributed by atoms with E-state index in [4.69, 9.17) is 19.5 Å². The molecule has 3 aromatic carbocycles. The average molecular weight is 501 g/mol. The largest absolute Gasteiger partial charge is 0.493 e. The van der Waals surface area contributed by atoms with E-state index in [1.807, 2.05) is 48.5 Å². The highest BCUT2D eigenvalue weighted by Gasteiger charge is 2.22. The molecule has 8 heteroatoms. The molecule has 3 aromatic rings. The van der Waals surface area contributed by atoms with Crippen molar-refractivity contribution in [3.63, 3.8) is 0 Å². The van der Waals surface area contributed by atoms with E-state index in [1.165, 1.54) is 0 Å². The van der Waals surface area contributed by atoms with Crippen molar-refractivity contribution in [2.75, 3.05) is 51.9 Å². The van der Waals surface area contributed by atoms with Crippen LogP contribution < -0.4 is 20.1 Å². The lowest BCUT2D eigenvalue weighted by Crippen LogP contribution is -2.38. The number of benzene rings is 3. The minimum absolute atomic E-state index is 0.184. The van der Waals surface area contributed by atoms with Gasteiger partial charge in [0.05, 0.1) is 32.0 Å². The van der Waals surface area contributed by atoms with Crippen molar-refractivity contribution in [2.45, 2.75) is 12.6 Å². The zero-order valence-corrected chi connectivity index (χ0v) is 21.0. The topological polar surface area (TPSA) is 95.8 Å². The summed E-state index contributed by atoms with van der Waals surface area (Å²) in [4.78, 5) is 15.7. The van der Waals surface area contributed by atoms with Crippen molar-refractivity contribution in [3.05, 3.63) is 89.5 Å². The molecule has 0 radical (unpaired) electrons. The van der Waals surface area contributed by atoms with E-state index in [0.717, 1.165) is 49.7 Å². The van der Waals surface area contributed by atoms with Crippen LogP contribution in [-0.4, -0.2) is 57.4 Å². The van der Waals surface area contributed by atoms with Gasteiger partial charge in [-0.3, -0.25) is 9.69 Å². The van der Waals surface area contributed by atoms with Crippen LogP contribution in [0.5, 0.6) is 11.5 Å². The van der Waals surface area contributed by atoms with Crippen molar-refractivity contribution in [1.29, 1.82) is 5.26 Å². The van der Waals surface area contributed by atoms with Gasteiger partial charge in [-0.25, -0.2) is 0 Å². The number of anilines is 1. The predicted molar refractivity (Wildman–Crippen MR) is 142 cm³/mol. The Balaban J connectivity index is 1.49. The van der Waals surface area contributed by atoms with Crippen molar-refractivity contribution in [3.8, 4) is 17.6 Å². The molecule has 8 nitrogen and oxygen atoms in total. The number of carbonyl (C=O) groups is 1. The maximum atomic E-state index is 13.4. The number of rotatable bonds is 11. The molecule has 0 aliphatic carbocycles. The number of nitriles is 1. The van der Waals surface area contributed by atoms with E-state index in [2.05, 4.69) is 21.6 Å². The van der Waals surface area contributed by atoms with Crippen LogP contribution in [0.25, 0.3) is 0 Å². The fourth-order valence-corrected chi connectivity index (χ4v) is 4.09. The Morgan fingerprint density at radius 2 is 1.81 bits per heavy atom. The molecule has 1 atom stereocenters. The second-order valence-electron chi connectivity index (χ2n) is 8.68. The normalized spacial score (nSPS) is 14.3. The lowest BCUT2D eigenvalue weighted by Gasteiger charge is -2.26. The highest BCUT2D eigenvalue weighted by Crippen LogP contribution is 2.32. The number of ether oxygens (including phenoxy) is 3. The minimum Gasteiger partial charge on any atom is -0.493 e. The first-order valence-electron chi connectivity index (χ1n) is 12.4. The Labute approximate surface area is 217 Å². The van der Waals surface area contributed by atoms with Crippen LogP contribution >= 0.6 is 0 Å². The van der Waals surface area contributed by atoms with E-state index in [9.17, 15) is 4.79 Å². The first-order chi connectivity index (χ1) is 18.2. The second kappa shape index (κ2) is 13.3. The highest BCUT2D eigenvalue weighted by molar-refractivity contribution is 5.86. The number of morpholine rings is 1. The Hall–Kier alpha value is -4.06. The van der Waals surface area contributed by atoms with Crippen molar-refractivity contribution >= 4 is 11.6 Å². The molecule has 1 amide bonds. The molecule has 1 saturated heterocycles. The maximum absolute atomic E-state index is 13.4. The van der Waals surface area contributed by atoms with E-state index in [1.54, 1.807) is 31.4 Å². The molecule has 4 rings (SSSR count). The zero-order chi connectivity index (χ0) is 25.9. The summed E-state index contributed by atoms with van der Waals surface area (Å²) in [7, 11) is 1.59. The van der Waals surface area contributed by atoms with Crippen molar-refractivity contribution in [1.82, 2.24) is 10.2 Å². The van der Waals surface area contributed by atoms with Gasteiger partial charge in [0.1, 0.15) is 12.6 Å². The molecule has 0 aromatic heterocycles. The van der Waals surface area contributed by atoms with Gasteiger partial charge < -0.3 is 24.8 Å². The molecule has 1 fully saturated rings. The maximum Gasteiger partial charge on any atom is 0.247 e. The minimum atomic E-state index is -0.687. The van der Waals surface area contributed by atoms with Crippen LogP contribution in [0.15, 0.2) is 72.8 Å². The molecule has 2 N–H and O–H groups in total. The van der Waals surface area contributed by atoms with Crippen LogP contribution in [0.1, 0.15) is 22.7 Å². The third kappa shape index (κ3) is 7.46. The Morgan fingerprint density at radius 1 is 1.05 bits per heavy atom. The molecular formula is C29H32N4O4. The Bertz CT molecular complexity index is 1190. The van der Waals surface area contributed by atoms with Gasteiger partial charge in [0.25, 0.3) is 0 Å². The lowest BCUT2D eigenvalue weighted by molar-refractivity contribution is -0.122. The molecule has 0 saturated carbocycles. The van der Waals surface area contributed by atoms with Gasteiger partial charge >= 0.3 is 0 Å². The number of carbonyl (C=O) groups excluding carboxylic acids is 1. The molecule has 0 unspecified atom stereocenters. The average Bonchev–Trinajstić information content (AvgIpc) is 2.96. The highest BCUT2D eigenvalue weighted by atomic mass is 16.5. The number of amides is 1. The van der Waals surface area contributed by atoms with Gasteiger partial charge in [0, 0.05) is 31.9 Å². The van der Waals surface area contributed by atoms with Gasteiger partial charge in [-0.15, -0.1) is 0 Å². The molecule has 1 heterocycles. The van der Waals surface area contributed by atoms with Gasteiger partial charge in [0.2, 0.25) is 5.91 Å². The smallest absolute Gasteiger partial charge is 0.247 e. The fourth-order valence-electron chi connectivity index (χ4n) is 4.09. The van der Waals surface area contributed by atoms with E-state index < -0.39 is 6.04 Å². The number of hydrogen-bond donors (Lipinski definition) is 2. The van der Waals surface area contributed by atoms with Gasteiger partial charge in [-0.05, 0) is 47.5 Å². The van der Waals surface area contributed by atoms with Crippen molar-refractivity contribution < 1.29 is 19.0 Å². The first kappa shape index (κ1) is 26.0. The number of hydrogen-bond acceptors (Lipinski definition) is 7. The molecule has 0 bridgehead atoms. The number of nitrogens with zero attached hydrogens (tertiary/aromatic N) is 2. The summed E-state index contributed by atoms with van der Waals surface area (Å²) >= 11 is 0. The van der Waals surface area contributed by atoms with Gasteiger partial charge in [0.15, 0.2) is 11.5 Å². The van der Waals surface area contributed by atoms with E-state index in [-0.39, 0.29) is 5.91 Å². The van der Waals surface area contributed by atoms with Crippen LogP contribution in [0.4, 0.5) is 5.69 Å². The summed E-state index contributed by atoms with van der Waals surface area (Å²) in [6.07, 6.45) is 0. The molecule has 1 aliphatic heterocycles. The van der Waals surface area contributed by atoms with Crippen LogP contribution in [0, 0.1) is 11.3 Å². The second-order valence-corrected chi connectivity index (χ2v) is 8.68. The van der Waals surface area contributed by atoms with Gasteiger partial charge in [-0.2, -0.15) is 5.26 Å². The van der Waals surface area contributed by atoms with Gasteiger partial charge in [-0.1, -0.05) is 36.4 Å². The van der Waals surface area contributed by atoms with Crippen LogP contribution in [-0.2, 0) is 16.1 Å². The quantitative estimate of drug-likeness (QED) is 0.414. The summed E-state index contributed by atoms with van der Waals surface area (Å²) in [5.74, 6) is 1.000. The summed E-state index contributed by atoms with van der Waals surface area (Å²) in [6, 6.07) is 23.7. The Morgan fingerprint density at radius 3 is 2.51 bits per heavy atom. The number of methoxy groups -OCH3 is 1. The first-order valence-corrected chi connectivity index (χ1v) is 12.4. The summed E-state index contributed by atoms with van der Waals surface area (Å²) < 4.78 is 17.0. The van der Waals surface area contributed by atoms with Crippen LogP contribution in [0.3, 0.4) is 0 Å². The van der Waals surface area contributed by atoms with E-state index >= 15 is 0 Å².